The van der Waals surface area contributed by atoms with E-state index in [2.05, 4.69) is 17.1 Å². The van der Waals surface area contributed by atoms with Crippen molar-refractivity contribution in [3.8, 4) is 17.2 Å². The van der Waals surface area contributed by atoms with Crippen LogP contribution in [0, 0.1) is 0 Å². The zero-order valence-electron chi connectivity index (χ0n) is 11.3. The number of urea groups is 1. The third kappa shape index (κ3) is 3.05. The fraction of sp³-hybridized carbons (Fsp3) is 0.462. The fourth-order valence-electron chi connectivity index (χ4n) is 2.15. The minimum atomic E-state index is -0.598. The number of phenolic OH excluding ortho intramolecular Hbond substituents is 3. The summed E-state index contributed by atoms with van der Waals surface area (Å²) in [5, 5.41) is 30.6. The van der Waals surface area contributed by atoms with Crippen molar-refractivity contribution in [3.05, 3.63) is 12.1 Å². The number of hydrogen-bond acceptors (Lipinski definition) is 5. The summed E-state index contributed by atoms with van der Waals surface area (Å²) in [6, 6.07) is 2.09. The fourth-order valence-corrected chi connectivity index (χ4v) is 2.15. The molecule has 0 spiro atoms. The summed E-state index contributed by atoms with van der Waals surface area (Å²) in [7, 11) is 0. The number of anilines is 1. The van der Waals surface area contributed by atoms with Crippen LogP contribution in [-0.2, 0) is 0 Å². The summed E-state index contributed by atoms with van der Waals surface area (Å²) in [4.78, 5) is 16.0. The van der Waals surface area contributed by atoms with Crippen molar-refractivity contribution in [2.24, 2.45) is 0 Å². The molecule has 2 rings (SSSR count). The van der Waals surface area contributed by atoms with E-state index in [1.807, 2.05) is 0 Å². The number of phenols is 3. The molecule has 7 nitrogen and oxygen atoms in total. The largest absolute Gasteiger partial charge is 0.504 e. The van der Waals surface area contributed by atoms with Gasteiger partial charge in [-0.25, -0.2) is 4.79 Å². The van der Waals surface area contributed by atoms with Gasteiger partial charge in [0.05, 0.1) is 5.69 Å². The van der Waals surface area contributed by atoms with Crippen LogP contribution >= 0.6 is 0 Å². The molecule has 0 aromatic heterocycles. The van der Waals surface area contributed by atoms with Crippen molar-refractivity contribution < 1.29 is 20.1 Å². The summed E-state index contributed by atoms with van der Waals surface area (Å²) in [5.74, 6) is -1.55. The molecule has 0 saturated carbocycles. The molecule has 0 unspecified atom stereocenters. The van der Waals surface area contributed by atoms with Gasteiger partial charge in [0.25, 0.3) is 0 Å². The Morgan fingerprint density at radius 2 is 1.70 bits per heavy atom. The second-order valence-corrected chi connectivity index (χ2v) is 4.71. The van der Waals surface area contributed by atoms with Gasteiger partial charge in [-0.1, -0.05) is 6.92 Å². The lowest BCUT2D eigenvalue weighted by Crippen LogP contribution is -2.49. The zero-order valence-corrected chi connectivity index (χ0v) is 11.3. The molecule has 0 radical (unpaired) electrons. The summed E-state index contributed by atoms with van der Waals surface area (Å²) >= 11 is 0. The standard InChI is InChI=1S/C13H19N3O4/c1-2-15-3-5-16(6-4-15)13(20)14-9-7-10(17)12(19)11(18)8-9/h7-8,17-19H,2-6H2,1H3,(H,14,20). The molecule has 4 N–H and O–H groups in total. The number of benzene rings is 1. The normalized spacial score (nSPS) is 16.1. The van der Waals surface area contributed by atoms with E-state index in [9.17, 15) is 20.1 Å². The zero-order chi connectivity index (χ0) is 14.7. The molecule has 0 bridgehead atoms. The molecule has 1 saturated heterocycles. The van der Waals surface area contributed by atoms with E-state index in [1.165, 1.54) is 12.1 Å². The first-order valence-electron chi connectivity index (χ1n) is 6.54. The number of nitrogens with zero attached hydrogens (tertiary/aromatic N) is 2. The molecule has 1 aromatic carbocycles. The topological polar surface area (TPSA) is 96.3 Å². The number of aromatic hydroxyl groups is 3. The Labute approximate surface area is 117 Å². The molecule has 1 aliphatic rings. The number of likely N-dealkylation sites (N-methyl/N-ethyl adjacent to an activating group) is 1. The lowest BCUT2D eigenvalue weighted by Gasteiger charge is -2.34. The van der Waals surface area contributed by atoms with Gasteiger partial charge in [0.1, 0.15) is 0 Å². The van der Waals surface area contributed by atoms with E-state index in [4.69, 9.17) is 0 Å². The first-order valence-corrected chi connectivity index (χ1v) is 6.54. The van der Waals surface area contributed by atoms with Crippen LogP contribution in [-0.4, -0.2) is 63.9 Å². The molecule has 0 atom stereocenters. The molecular formula is C13H19N3O4. The predicted molar refractivity (Wildman–Crippen MR) is 74.1 cm³/mol. The molecule has 2 amide bonds. The maximum absolute atomic E-state index is 12.0. The van der Waals surface area contributed by atoms with Crippen molar-refractivity contribution >= 4 is 11.7 Å². The maximum Gasteiger partial charge on any atom is 0.321 e. The lowest BCUT2D eigenvalue weighted by atomic mass is 10.2. The van der Waals surface area contributed by atoms with E-state index in [1.54, 1.807) is 4.90 Å². The monoisotopic (exact) mass is 281 g/mol. The van der Waals surface area contributed by atoms with Gasteiger partial charge in [-0.05, 0) is 6.54 Å². The van der Waals surface area contributed by atoms with Crippen molar-refractivity contribution in [1.29, 1.82) is 0 Å². The van der Waals surface area contributed by atoms with Crippen LogP contribution in [0.1, 0.15) is 6.92 Å². The average Bonchev–Trinajstić information content (AvgIpc) is 2.44. The first-order chi connectivity index (χ1) is 9.51. The molecule has 0 aliphatic carbocycles. The van der Waals surface area contributed by atoms with Crippen molar-refractivity contribution in [1.82, 2.24) is 9.80 Å². The molecular weight excluding hydrogens is 262 g/mol. The second-order valence-electron chi connectivity index (χ2n) is 4.71. The highest BCUT2D eigenvalue weighted by atomic mass is 16.3. The molecule has 7 heteroatoms. The molecule has 110 valence electrons. The van der Waals surface area contributed by atoms with Crippen LogP contribution in [0.5, 0.6) is 17.2 Å². The highest BCUT2D eigenvalue weighted by molar-refractivity contribution is 5.90. The third-order valence-electron chi connectivity index (χ3n) is 3.43. The Morgan fingerprint density at radius 3 is 2.20 bits per heavy atom. The van der Waals surface area contributed by atoms with Crippen molar-refractivity contribution in [3.63, 3.8) is 0 Å². The molecule has 1 aliphatic heterocycles. The number of amides is 2. The minimum absolute atomic E-state index is 0.237. The van der Waals surface area contributed by atoms with E-state index < -0.39 is 17.2 Å². The van der Waals surface area contributed by atoms with E-state index in [-0.39, 0.29) is 11.7 Å². The Bertz CT molecular complexity index is 475. The summed E-state index contributed by atoms with van der Waals surface area (Å²) in [6.45, 7) is 5.98. The smallest absolute Gasteiger partial charge is 0.321 e. The van der Waals surface area contributed by atoms with Gasteiger partial charge in [0, 0.05) is 38.3 Å². The number of piperazine rings is 1. The third-order valence-corrected chi connectivity index (χ3v) is 3.43. The van der Waals surface area contributed by atoms with E-state index >= 15 is 0 Å². The lowest BCUT2D eigenvalue weighted by molar-refractivity contribution is 0.151. The summed E-state index contributed by atoms with van der Waals surface area (Å²) < 4.78 is 0. The Morgan fingerprint density at radius 1 is 1.15 bits per heavy atom. The van der Waals surface area contributed by atoms with Gasteiger partial charge in [-0.15, -0.1) is 0 Å². The average molecular weight is 281 g/mol. The van der Waals surface area contributed by atoms with Gasteiger partial charge in [0.15, 0.2) is 17.2 Å². The number of carbonyl (C=O) groups is 1. The predicted octanol–water partition coefficient (Wildman–Crippen LogP) is 0.973. The minimum Gasteiger partial charge on any atom is -0.504 e. The quantitative estimate of drug-likeness (QED) is 0.478. The molecule has 1 aromatic rings. The van der Waals surface area contributed by atoms with Crippen molar-refractivity contribution in [2.45, 2.75) is 6.92 Å². The Hall–Kier alpha value is -2.15. The van der Waals surface area contributed by atoms with Gasteiger partial charge in [-0.2, -0.15) is 0 Å². The SMILES string of the molecule is CCN1CCN(C(=O)Nc2cc(O)c(O)c(O)c2)CC1. The highest BCUT2D eigenvalue weighted by Crippen LogP contribution is 2.37. The van der Waals surface area contributed by atoms with Crippen LogP contribution in [0.15, 0.2) is 12.1 Å². The van der Waals surface area contributed by atoms with Crippen LogP contribution < -0.4 is 5.32 Å². The molecule has 20 heavy (non-hydrogen) atoms. The van der Waals surface area contributed by atoms with E-state index in [0.717, 1.165) is 19.6 Å². The molecule has 1 fully saturated rings. The summed E-state index contributed by atoms with van der Waals surface area (Å²) in [5.41, 5.74) is 0.237. The van der Waals surface area contributed by atoms with Crippen LogP contribution in [0.2, 0.25) is 0 Å². The molecule has 1 heterocycles. The van der Waals surface area contributed by atoms with Crippen LogP contribution in [0.3, 0.4) is 0 Å². The first kappa shape index (κ1) is 14.3. The van der Waals surface area contributed by atoms with Gasteiger partial charge in [0.2, 0.25) is 0 Å². The van der Waals surface area contributed by atoms with Crippen LogP contribution in [0.25, 0.3) is 0 Å². The number of carbonyl (C=O) groups excluding carboxylic acids is 1. The van der Waals surface area contributed by atoms with Crippen molar-refractivity contribution in [2.75, 3.05) is 38.0 Å². The second kappa shape index (κ2) is 5.87. The van der Waals surface area contributed by atoms with Gasteiger partial charge < -0.3 is 30.4 Å². The van der Waals surface area contributed by atoms with Gasteiger partial charge in [-0.3, -0.25) is 0 Å². The Kier molecular flexibility index (Phi) is 4.19. The van der Waals surface area contributed by atoms with Gasteiger partial charge >= 0.3 is 6.03 Å². The van der Waals surface area contributed by atoms with E-state index in [0.29, 0.717) is 13.1 Å². The summed E-state index contributed by atoms with van der Waals surface area (Å²) in [6.07, 6.45) is 0. The Balaban J connectivity index is 1.98. The number of nitrogens with one attached hydrogen (secondary N) is 1. The maximum atomic E-state index is 12.0. The van der Waals surface area contributed by atoms with Crippen LogP contribution in [0.4, 0.5) is 10.5 Å². The number of rotatable bonds is 2. The number of hydrogen-bond donors (Lipinski definition) is 4. The highest BCUT2D eigenvalue weighted by Gasteiger charge is 2.20.